The van der Waals surface area contributed by atoms with Gasteiger partial charge in [0.05, 0.1) is 28.6 Å². The van der Waals surface area contributed by atoms with Crippen LogP contribution in [0.3, 0.4) is 0 Å². The molecule has 0 aliphatic carbocycles. The molecule has 2 rings (SSSR count). The first-order chi connectivity index (χ1) is 9.02. The van der Waals surface area contributed by atoms with E-state index in [1.54, 1.807) is 10.7 Å². The lowest BCUT2D eigenvalue weighted by Crippen LogP contribution is -2.09. The van der Waals surface area contributed by atoms with Crippen LogP contribution < -0.4 is 5.32 Å². The summed E-state index contributed by atoms with van der Waals surface area (Å²) in [5, 5.41) is 8.39. The molecule has 1 heterocycles. The van der Waals surface area contributed by atoms with Gasteiger partial charge < -0.3 is 5.32 Å². The van der Waals surface area contributed by atoms with Gasteiger partial charge in [0.2, 0.25) is 0 Å². The van der Waals surface area contributed by atoms with E-state index in [0.717, 1.165) is 11.4 Å². The molecule has 2 aromatic rings. The average Bonchev–Trinajstić information content (AvgIpc) is 2.66. The van der Waals surface area contributed by atoms with E-state index in [0.29, 0.717) is 28.8 Å². The molecule has 6 heteroatoms. The number of benzene rings is 1. The van der Waals surface area contributed by atoms with Crippen molar-refractivity contribution in [1.29, 1.82) is 0 Å². The Morgan fingerprint density at radius 2 is 2.11 bits per heavy atom. The fourth-order valence-corrected chi connectivity index (χ4v) is 2.22. The van der Waals surface area contributed by atoms with Crippen molar-refractivity contribution in [3.05, 3.63) is 45.4 Å². The van der Waals surface area contributed by atoms with E-state index in [1.165, 1.54) is 12.1 Å². The molecule has 0 aliphatic heterocycles. The Morgan fingerprint density at radius 1 is 1.37 bits per heavy atom. The lowest BCUT2D eigenvalue weighted by molar-refractivity contribution is 0.616. The Labute approximate surface area is 121 Å². The predicted molar refractivity (Wildman–Crippen MR) is 76.4 cm³/mol. The minimum atomic E-state index is -0.347. The normalized spacial score (nSPS) is 10.8. The summed E-state index contributed by atoms with van der Waals surface area (Å²) in [6.45, 7) is 4.93. The van der Waals surface area contributed by atoms with Gasteiger partial charge in [0.25, 0.3) is 0 Å². The maximum absolute atomic E-state index is 13.6. The highest BCUT2D eigenvalue weighted by atomic mass is 35.5. The molecule has 102 valence electrons. The second-order valence-corrected chi connectivity index (χ2v) is 4.95. The average molecular weight is 302 g/mol. The van der Waals surface area contributed by atoms with Crippen molar-refractivity contribution in [2.24, 2.45) is 0 Å². The molecule has 0 aliphatic rings. The topological polar surface area (TPSA) is 29.9 Å². The van der Waals surface area contributed by atoms with Crippen LogP contribution >= 0.6 is 23.2 Å². The Kier molecular flexibility index (Phi) is 4.32. The highest BCUT2D eigenvalue weighted by Crippen LogP contribution is 2.24. The van der Waals surface area contributed by atoms with E-state index in [-0.39, 0.29) is 5.82 Å². The number of aromatic nitrogens is 2. The van der Waals surface area contributed by atoms with E-state index in [1.807, 2.05) is 13.8 Å². The minimum Gasteiger partial charge on any atom is -0.377 e. The van der Waals surface area contributed by atoms with Crippen LogP contribution in [0, 0.1) is 12.7 Å². The van der Waals surface area contributed by atoms with Crippen molar-refractivity contribution >= 4 is 28.9 Å². The van der Waals surface area contributed by atoms with Gasteiger partial charge in [0, 0.05) is 11.6 Å². The standard InChI is InChI=1S/C13H14Cl2FN3/c1-3-19-12(13(15)8(2)18-19)7-17-11-6-9(14)4-5-10(11)16/h4-6,17H,3,7H2,1-2H3. The van der Waals surface area contributed by atoms with Crippen LogP contribution in [0.2, 0.25) is 10.0 Å². The second-order valence-electron chi connectivity index (χ2n) is 4.14. The number of nitrogens with one attached hydrogen (secondary N) is 1. The summed E-state index contributed by atoms with van der Waals surface area (Å²) in [7, 11) is 0. The van der Waals surface area contributed by atoms with Gasteiger partial charge >= 0.3 is 0 Å². The quantitative estimate of drug-likeness (QED) is 0.914. The van der Waals surface area contributed by atoms with Crippen LogP contribution in [0.15, 0.2) is 18.2 Å². The van der Waals surface area contributed by atoms with Crippen molar-refractivity contribution in [3.63, 3.8) is 0 Å². The highest BCUT2D eigenvalue weighted by Gasteiger charge is 2.13. The molecule has 0 atom stereocenters. The Morgan fingerprint density at radius 3 is 2.79 bits per heavy atom. The first kappa shape index (κ1) is 14.2. The van der Waals surface area contributed by atoms with Gasteiger partial charge in [-0.15, -0.1) is 0 Å². The summed E-state index contributed by atoms with van der Waals surface area (Å²) in [5.41, 5.74) is 1.96. The van der Waals surface area contributed by atoms with Crippen LogP contribution in [0.1, 0.15) is 18.3 Å². The first-order valence-electron chi connectivity index (χ1n) is 5.93. The summed E-state index contributed by atoms with van der Waals surface area (Å²) in [6.07, 6.45) is 0. The van der Waals surface area contributed by atoms with Crippen molar-refractivity contribution in [1.82, 2.24) is 9.78 Å². The van der Waals surface area contributed by atoms with E-state index in [2.05, 4.69) is 10.4 Å². The summed E-state index contributed by atoms with van der Waals surface area (Å²) in [6, 6.07) is 4.38. The molecule has 0 radical (unpaired) electrons. The third-order valence-electron chi connectivity index (χ3n) is 2.83. The molecule has 0 spiro atoms. The molecular formula is C13H14Cl2FN3. The third kappa shape index (κ3) is 3.01. The zero-order chi connectivity index (χ0) is 14.0. The van der Waals surface area contributed by atoms with E-state index < -0.39 is 0 Å². The smallest absolute Gasteiger partial charge is 0.146 e. The van der Waals surface area contributed by atoms with Crippen LogP contribution in [0.25, 0.3) is 0 Å². The number of nitrogens with zero attached hydrogens (tertiary/aromatic N) is 2. The number of rotatable bonds is 4. The summed E-state index contributed by atoms with van der Waals surface area (Å²) < 4.78 is 15.4. The molecule has 1 N–H and O–H groups in total. The molecule has 1 aromatic carbocycles. The van der Waals surface area contributed by atoms with Gasteiger partial charge in [-0.05, 0) is 32.0 Å². The van der Waals surface area contributed by atoms with Crippen molar-refractivity contribution in [2.75, 3.05) is 5.32 Å². The number of anilines is 1. The van der Waals surface area contributed by atoms with Crippen LogP contribution in [0.4, 0.5) is 10.1 Å². The number of aryl methyl sites for hydroxylation is 2. The lowest BCUT2D eigenvalue weighted by atomic mass is 10.3. The Bertz CT molecular complexity index is 596. The molecule has 0 saturated heterocycles. The van der Waals surface area contributed by atoms with Gasteiger partial charge in [0.15, 0.2) is 0 Å². The fourth-order valence-electron chi connectivity index (χ4n) is 1.85. The molecule has 3 nitrogen and oxygen atoms in total. The largest absolute Gasteiger partial charge is 0.377 e. The molecule has 0 amide bonds. The van der Waals surface area contributed by atoms with Gasteiger partial charge in [0.1, 0.15) is 5.82 Å². The van der Waals surface area contributed by atoms with E-state index in [4.69, 9.17) is 23.2 Å². The van der Waals surface area contributed by atoms with E-state index >= 15 is 0 Å². The fraction of sp³-hybridized carbons (Fsp3) is 0.308. The first-order valence-corrected chi connectivity index (χ1v) is 6.69. The van der Waals surface area contributed by atoms with Crippen molar-refractivity contribution in [3.8, 4) is 0 Å². The predicted octanol–water partition coefficient (Wildman–Crippen LogP) is 4.27. The van der Waals surface area contributed by atoms with Gasteiger partial charge in [-0.3, -0.25) is 4.68 Å². The van der Waals surface area contributed by atoms with Crippen LogP contribution in [-0.4, -0.2) is 9.78 Å². The maximum Gasteiger partial charge on any atom is 0.146 e. The van der Waals surface area contributed by atoms with Crippen molar-refractivity contribution < 1.29 is 4.39 Å². The van der Waals surface area contributed by atoms with Gasteiger partial charge in [-0.25, -0.2) is 4.39 Å². The molecule has 0 bridgehead atoms. The molecule has 0 fully saturated rings. The molecule has 0 saturated carbocycles. The summed E-state index contributed by atoms with van der Waals surface area (Å²) in [5.74, 6) is -0.347. The highest BCUT2D eigenvalue weighted by molar-refractivity contribution is 6.32. The van der Waals surface area contributed by atoms with E-state index in [9.17, 15) is 4.39 Å². The van der Waals surface area contributed by atoms with Gasteiger partial charge in [-0.2, -0.15) is 5.10 Å². The number of hydrogen-bond donors (Lipinski definition) is 1. The monoisotopic (exact) mass is 301 g/mol. The van der Waals surface area contributed by atoms with Crippen LogP contribution in [0.5, 0.6) is 0 Å². The SMILES string of the molecule is CCn1nc(C)c(Cl)c1CNc1cc(Cl)ccc1F. The maximum atomic E-state index is 13.6. The van der Waals surface area contributed by atoms with Crippen molar-refractivity contribution in [2.45, 2.75) is 26.9 Å². The summed E-state index contributed by atoms with van der Waals surface area (Å²) >= 11 is 12.0. The summed E-state index contributed by atoms with van der Waals surface area (Å²) in [4.78, 5) is 0. The Balaban J connectivity index is 2.21. The minimum absolute atomic E-state index is 0.347. The molecule has 0 unspecified atom stereocenters. The zero-order valence-corrected chi connectivity index (χ0v) is 12.2. The Hall–Kier alpha value is -1.26. The lowest BCUT2D eigenvalue weighted by Gasteiger charge is -2.10. The van der Waals surface area contributed by atoms with Crippen LogP contribution in [-0.2, 0) is 13.1 Å². The number of hydrogen-bond acceptors (Lipinski definition) is 2. The third-order valence-corrected chi connectivity index (χ3v) is 3.55. The zero-order valence-electron chi connectivity index (χ0n) is 10.7. The van der Waals surface area contributed by atoms with Gasteiger partial charge in [-0.1, -0.05) is 23.2 Å². The molecule has 19 heavy (non-hydrogen) atoms. The molecule has 1 aromatic heterocycles. The molecular weight excluding hydrogens is 288 g/mol. The second kappa shape index (κ2) is 5.80. The number of halogens is 3.